The number of rotatable bonds is 13. The third-order valence-electron chi connectivity index (χ3n) is 3.73. The number of nitrogens with zero attached hydrogens (tertiary/aromatic N) is 1. The molecule has 0 rings (SSSR count). The van der Waals surface area contributed by atoms with Crippen molar-refractivity contribution in [1.29, 1.82) is 0 Å². The molecule has 0 radical (unpaired) electrons. The van der Waals surface area contributed by atoms with Gasteiger partial charge >= 0.3 is 0 Å². The summed E-state index contributed by atoms with van der Waals surface area (Å²) in [6.07, 6.45) is 13.8. The number of nitrogens with one attached hydrogen (secondary N) is 1. The molecule has 7 nitrogen and oxygen atoms in total. The third kappa shape index (κ3) is 39.9. The lowest BCUT2D eigenvalue weighted by molar-refractivity contribution is -0.870. The first-order valence-electron chi connectivity index (χ1n) is 10.1. The minimum absolute atomic E-state index is 0.164. The second-order valence-electron chi connectivity index (χ2n) is 7.56. The molecule has 0 fully saturated rings. The van der Waals surface area contributed by atoms with E-state index in [2.05, 4.69) is 44.1 Å². The molecule has 0 aliphatic heterocycles. The second kappa shape index (κ2) is 20.8. The van der Waals surface area contributed by atoms with Crippen LogP contribution in [0.2, 0.25) is 0 Å². The fraction of sp³-hybridized carbons (Fsp3) is 0.850. The molecule has 0 saturated carbocycles. The molecule has 0 atom stereocenters. The van der Waals surface area contributed by atoms with E-state index in [0.29, 0.717) is 6.42 Å². The summed E-state index contributed by atoms with van der Waals surface area (Å²) in [6, 6.07) is 0. The van der Waals surface area contributed by atoms with Crippen molar-refractivity contribution in [2.24, 2.45) is 0 Å². The predicted molar refractivity (Wildman–Crippen MR) is 116 cm³/mol. The van der Waals surface area contributed by atoms with E-state index >= 15 is 0 Å². The van der Waals surface area contributed by atoms with Crippen LogP contribution in [0.25, 0.3) is 0 Å². The molecule has 0 aromatic carbocycles. The van der Waals surface area contributed by atoms with E-state index in [9.17, 15) is 17.8 Å². The average molecular weight is 425 g/mol. The third-order valence-corrected chi connectivity index (χ3v) is 4.14. The number of unbranched alkanes of at least 4 members (excludes halogenated alkanes) is 7. The molecular formula is C20H44N2O5S. The topological polar surface area (TPSA) is 95.5 Å². The normalized spacial score (nSPS) is 10.8. The van der Waals surface area contributed by atoms with Gasteiger partial charge in [0.1, 0.15) is 0 Å². The predicted octanol–water partition coefficient (Wildman–Crippen LogP) is 3.62. The van der Waals surface area contributed by atoms with Crippen LogP contribution in [0, 0.1) is 0 Å². The summed E-state index contributed by atoms with van der Waals surface area (Å²) in [5.74, 6) is 0.164. The number of hydrogen-bond acceptors (Lipinski definition) is 5. The number of carbonyl (C=O) groups excluding carboxylic acids is 1. The van der Waals surface area contributed by atoms with Crippen molar-refractivity contribution in [3.8, 4) is 0 Å². The molecule has 0 aliphatic carbocycles. The van der Waals surface area contributed by atoms with Gasteiger partial charge in [-0.15, -0.1) is 6.58 Å². The van der Waals surface area contributed by atoms with Gasteiger partial charge in [0.2, 0.25) is 16.3 Å². The molecular weight excluding hydrogens is 380 g/mol. The van der Waals surface area contributed by atoms with E-state index < -0.39 is 10.4 Å². The largest absolute Gasteiger partial charge is 0.726 e. The van der Waals surface area contributed by atoms with E-state index in [1.54, 1.807) is 7.05 Å². The Hall–Kier alpha value is -0.960. The van der Waals surface area contributed by atoms with Crippen LogP contribution in [-0.4, -0.2) is 65.2 Å². The highest BCUT2D eigenvalue weighted by Gasteiger charge is 2.03. The van der Waals surface area contributed by atoms with Gasteiger partial charge in [0, 0.05) is 13.5 Å². The first-order chi connectivity index (χ1) is 12.9. The van der Waals surface area contributed by atoms with Crippen LogP contribution in [0.5, 0.6) is 0 Å². The standard InChI is InChI=1S/C12H23NO.C7H18N.CH4O4S/c1-3-4-5-6-7-8-9-10-11-12(14)13-2;1-5-6-7-8(2,3)4;1-5-6(2,3)4/h3H,1,4-11H2,2H3,(H,13,14);5-7H2,1-4H3;1H3,(H,2,3,4)/q;+1;/p-1. The van der Waals surface area contributed by atoms with Gasteiger partial charge in [-0.3, -0.25) is 8.98 Å². The summed E-state index contributed by atoms with van der Waals surface area (Å²) in [5.41, 5.74) is 0. The zero-order valence-electron chi connectivity index (χ0n) is 19.0. The Morgan fingerprint density at radius 1 is 1.07 bits per heavy atom. The smallest absolute Gasteiger partial charge is 0.219 e. The van der Waals surface area contributed by atoms with Crippen molar-refractivity contribution in [3.05, 3.63) is 12.7 Å². The molecule has 0 heterocycles. The summed E-state index contributed by atoms with van der Waals surface area (Å²) >= 11 is 0. The lowest BCUT2D eigenvalue weighted by Gasteiger charge is -2.23. The SMILES string of the molecule is C=CCCCCCCCCC(=O)NC.CCCC[N+](C)(C)C.COS(=O)(=O)[O-]. The number of amides is 1. The van der Waals surface area contributed by atoms with Crippen molar-refractivity contribution in [3.63, 3.8) is 0 Å². The van der Waals surface area contributed by atoms with E-state index in [1.165, 1.54) is 51.5 Å². The van der Waals surface area contributed by atoms with Crippen molar-refractivity contribution in [1.82, 2.24) is 5.32 Å². The van der Waals surface area contributed by atoms with Crippen LogP contribution >= 0.6 is 0 Å². The summed E-state index contributed by atoms with van der Waals surface area (Å²) < 4.78 is 32.1. The quantitative estimate of drug-likeness (QED) is 0.160. The Morgan fingerprint density at radius 3 is 1.86 bits per heavy atom. The fourth-order valence-electron chi connectivity index (χ4n) is 2.04. The first kappa shape index (κ1) is 31.7. The van der Waals surface area contributed by atoms with E-state index in [-0.39, 0.29) is 5.91 Å². The van der Waals surface area contributed by atoms with Gasteiger partial charge in [-0.1, -0.05) is 45.1 Å². The average Bonchev–Trinajstić information content (AvgIpc) is 2.61. The zero-order valence-corrected chi connectivity index (χ0v) is 19.8. The molecule has 0 aromatic heterocycles. The van der Waals surface area contributed by atoms with Gasteiger partial charge in [-0.05, 0) is 25.7 Å². The van der Waals surface area contributed by atoms with Crippen molar-refractivity contribution < 1.29 is 26.4 Å². The molecule has 8 heteroatoms. The van der Waals surface area contributed by atoms with E-state index in [1.807, 2.05) is 6.08 Å². The molecule has 0 bridgehead atoms. The highest BCUT2D eigenvalue weighted by Crippen LogP contribution is 2.08. The minimum atomic E-state index is -4.41. The maximum absolute atomic E-state index is 10.9. The molecule has 0 spiro atoms. The lowest BCUT2D eigenvalue weighted by Crippen LogP contribution is -2.35. The van der Waals surface area contributed by atoms with Gasteiger partial charge in [0.05, 0.1) is 34.8 Å². The molecule has 1 N–H and O–H groups in total. The van der Waals surface area contributed by atoms with E-state index in [0.717, 1.165) is 24.4 Å². The molecule has 170 valence electrons. The van der Waals surface area contributed by atoms with Gasteiger partial charge in [0.15, 0.2) is 0 Å². The van der Waals surface area contributed by atoms with Gasteiger partial charge < -0.3 is 14.4 Å². The van der Waals surface area contributed by atoms with Crippen molar-refractivity contribution in [2.75, 3.05) is 41.8 Å². The Morgan fingerprint density at radius 2 is 1.54 bits per heavy atom. The van der Waals surface area contributed by atoms with Crippen LogP contribution in [0.1, 0.15) is 71.1 Å². The minimum Gasteiger partial charge on any atom is -0.726 e. The Balaban J connectivity index is -0.000000376. The lowest BCUT2D eigenvalue weighted by atomic mass is 10.1. The van der Waals surface area contributed by atoms with Crippen molar-refractivity contribution in [2.45, 2.75) is 71.1 Å². The van der Waals surface area contributed by atoms with Crippen LogP contribution in [0.4, 0.5) is 0 Å². The molecule has 0 aromatic rings. The maximum Gasteiger partial charge on any atom is 0.219 e. The number of quaternary nitrogens is 1. The van der Waals surface area contributed by atoms with Crippen LogP contribution in [0.3, 0.4) is 0 Å². The van der Waals surface area contributed by atoms with Gasteiger partial charge in [-0.2, -0.15) is 0 Å². The van der Waals surface area contributed by atoms with Crippen molar-refractivity contribution >= 4 is 16.3 Å². The van der Waals surface area contributed by atoms with Crippen LogP contribution in [-0.2, 0) is 19.4 Å². The number of allylic oxidation sites excluding steroid dienone is 1. The van der Waals surface area contributed by atoms with Crippen LogP contribution in [0.15, 0.2) is 12.7 Å². The molecule has 0 saturated heterocycles. The number of carbonyl (C=O) groups is 1. The Bertz CT molecular complexity index is 460. The van der Waals surface area contributed by atoms with E-state index in [4.69, 9.17) is 0 Å². The highest BCUT2D eigenvalue weighted by molar-refractivity contribution is 7.80. The number of hydrogen-bond donors (Lipinski definition) is 1. The van der Waals surface area contributed by atoms with Gasteiger partial charge in [0.25, 0.3) is 0 Å². The van der Waals surface area contributed by atoms with Gasteiger partial charge in [-0.25, -0.2) is 8.42 Å². The molecule has 1 amide bonds. The monoisotopic (exact) mass is 424 g/mol. The highest BCUT2D eigenvalue weighted by atomic mass is 32.3. The Kier molecular flexibility index (Phi) is 23.5. The fourth-order valence-corrected chi connectivity index (χ4v) is 2.04. The zero-order chi connectivity index (χ0) is 22.5. The summed E-state index contributed by atoms with van der Waals surface area (Å²) in [7, 11) is 4.78. The maximum atomic E-state index is 10.9. The molecule has 28 heavy (non-hydrogen) atoms. The summed E-state index contributed by atoms with van der Waals surface area (Å²) in [5, 5.41) is 2.63. The first-order valence-corrected chi connectivity index (χ1v) is 11.4. The second-order valence-corrected chi connectivity index (χ2v) is 8.71. The summed E-state index contributed by atoms with van der Waals surface area (Å²) in [4.78, 5) is 10.9. The summed E-state index contributed by atoms with van der Waals surface area (Å²) in [6.45, 7) is 7.23. The molecule has 0 aliphatic rings. The Labute approximate surface area is 174 Å². The molecule has 0 unspecified atom stereocenters. The van der Waals surface area contributed by atoms with Crippen LogP contribution < -0.4 is 5.32 Å².